The molecule has 0 saturated heterocycles. The number of nitrogens with zero attached hydrogens (tertiary/aromatic N) is 2. The molecule has 30 heavy (non-hydrogen) atoms. The largest absolute Gasteiger partial charge is 0.573 e. The minimum Gasteiger partial charge on any atom is -0.436 e. The number of allylic oxidation sites excluding steroid dienone is 1. The first kappa shape index (κ1) is 20.6. The van der Waals surface area contributed by atoms with E-state index in [0.29, 0.717) is 22.9 Å². The van der Waals surface area contributed by atoms with Gasteiger partial charge in [0.1, 0.15) is 5.01 Å². The Hall–Kier alpha value is -2.68. The highest BCUT2D eigenvalue weighted by molar-refractivity contribution is 7.13. The van der Waals surface area contributed by atoms with E-state index in [1.54, 1.807) is 17.7 Å². The maximum absolute atomic E-state index is 12.8. The first-order valence-corrected chi connectivity index (χ1v) is 10.6. The molecule has 1 N–H and O–H groups in total. The van der Waals surface area contributed by atoms with Gasteiger partial charge in [0.25, 0.3) is 0 Å². The number of ether oxygens (including phenoxy) is 1. The van der Waals surface area contributed by atoms with Gasteiger partial charge in [-0.15, -0.1) is 24.5 Å². The van der Waals surface area contributed by atoms with Crippen molar-refractivity contribution in [1.82, 2.24) is 9.97 Å². The second kappa shape index (κ2) is 8.22. The average molecular weight is 435 g/mol. The van der Waals surface area contributed by atoms with Crippen LogP contribution in [0.3, 0.4) is 0 Å². The summed E-state index contributed by atoms with van der Waals surface area (Å²) in [7, 11) is 0. The highest BCUT2D eigenvalue weighted by atomic mass is 32.1. The lowest BCUT2D eigenvalue weighted by molar-refractivity contribution is -0.274. The van der Waals surface area contributed by atoms with Crippen molar-refractivity contribution in [2.24, 2.45) is 11.8 Å². The fourth-order valence-corrected chi connectivity index (χ4v) is 4.51. The highest BCUT2D eigenvalue weighted by Crippen LogP contribution is 2.38. The number of hydrogen-bond acceptors (Lipinski definition) is 6. The van der Waals surface area contributed by atoms with E-state index >= 15 is 0 Å². The summed E-state index contributed by atoms with van der Waals surface area (Å²) in [5.74, 6) is 0.336. The molecule has 5 nitrogen and oxygen atoms in total. The molecule has 4 rings (SSSR count). The maximum atomic E-state index is 12.8. The second-order valence-electron chi connectivity index (χ2n) is 7.20. The van der Waals surface area contributed by atoms with Crippen LogP contribution >= 0.6 is 11.3 Å². The Morgan fingerprint density at radius 3 is 2.77 bits per heavy atom. The van der Waals surface area contributed by atoms with E-state index in [0.717, 1.165) is 25.0 Å². The molecule has 2 atom stereocenters. The number of alkyl halides is 3. The molecule has 1 aliphatic carbocycles. The summed E-state index contributed by atoms with van der Waals surface area (Å²) >= 11 is 1.35. The van der Waals surface area contributed by atoms with Crippen molar-refractivity contribution < 1.29 is 22.3 Å². The van der Waals surface area contributed by atoms with Gasteiger partial charge in [0.2, 0.25) is 5.89 Å². The number of nitrogens with one attached hydrogen (secondary N) is 1. The number of hydrogen-bond donors (Lipinski definition) is 1. The normalized spacial score (nSPS) is 19.9. The van der Waals surface area contributed by atoms with E-state index in [4.69, 9.17) is 9.83 Å². The monoisotopic (exact) mass is 435 g/mol. The molecule has 1 saturated carbocycles. The van der Waals surface area contributed by atoms with Crippen molar-refractivity contribution in [1.29, 1.82) is 5.41 Å². The van der Waals surface area contributed by atoms with E-state index in [2.05, 4.69) is 21.6 Å². The van der Waals surface area contributed by atoms with Gasteiger partial charge < -0.3 is 14.6 Å². The van der Waals surface area contributed by atoms with Crippen LogP contribution in [-0.2, 0) is 0 Å². The lowest BCUT2D eigenvalue weighted by Crippen LogP contribution is -2.17. The third-order valence-corrected chi connectivity index (χ3v) is 6.13. The van der Waals surface area contributed by atoms with Crippen LogP contribution in [-0.4, -0.2) is 22.0 Å². The van der Waals surface area contributed by atoms with Crippen molar-refractivity contribution in [3.8, 4) is 16.3 Å². The van der Waals surface area contributed by atoms with Crippen molar-refractivity contribution in [3.63, 3.8) is 0 Å². The molecule has 0 bridgehead atoms. The minimum atomic E-state index is -4.83. The minimum absolute atomic E-state index is 0.000619. The summed E-state index contributed by atoms with van der Waals surface area (Å²) in [6.45, 7) is 2.09. The van der Waals surface area contributed by atoms with Crippen LogP contribution < -0.4 is 4.74 Å². The van der Waals surface area contributed by atoms with Gasteiger partial charge in [-0.05, 0) is 49.8 Å². The number of oxazole rings is 1. The van der Waals surface area contributed by atoms with Crippen LogP contribution in [0.4, 0.5) is 13.2 Å². The van der Waals surface area contributed by atoms with Crippen LogP contribution in [0.5, 0.6) is 5.75 Å². The Balaban J connectivity index is 1.63. The lowest BCUT2D eigenvalue weighted by atomic mass is 9.97. The summed E-state index contributed by atoms with van der Waals surface area (Å²) in [6, 6.07) is 2.72. The third-order valence-electron chi connectivity index (χ3n) is 5.33. The summed E-state index contributed by atoms with van der Waals surface area (Å²) in [5, 5.41) is 10.6. The molecule has 0 amide bonds. The highest BCUT2D eigenvalue weighted by Gasteiger charge is 2.33. The Labute approximate surface area is 175 Å². The second-order valence-corrected chi connectivity index (χ2v) is 8.09. The zero-order valence-corrected chi connectivity index (χ0v) is 17.0. The SMILES string of the molecule is CCC1CCC(C/C=C/c2nc3c(OC(F)(F)F)ccc(-c4nccs4)c3o2)C1=N. The van der Waals surface area contributed by atoms with E-state index in [1.165, 1.54) is 23.5 Å². The number of aromatic nitrogens is 2. The molecule has 2 unspecified atom stereocenters. The quantitative estimate of drug-likeness (QED) is 0.467. The molecule has 2 heterocycles. The zero-order chi connectivity index (χ0) is 21.3. The van der Waals surface area contributed by atoms with Crippen molar-refractivity contribution in [2.75, 3.05) is 0 Å². The predicted octanol–water partition coefficient (Wildman–Crippen LogP) is 6.71. The molecule has 1 aliphatic rings. The molecule has 0 radical (unpaired) electrons. The van der Waals surface area contributed by atoms with Gasteiger partial charge in [-0.25, -0.2) is 9.97 Å². The van der Waals surface area contributed by atoms with Crippen LogP contribution in [0.15, 0.2) is 34.2 Å². The summed E-state index contributed by atoms with van der Waals surface area (Å²) in [4.78, 5) is 8.44. The Morgan fingerprint density at radius 1 is 1.30 bits per heavy atom. The molecule has 9 heteroatoms. The van der Waals surface area contributed by atoms with Crippen molar-refractivity contribution >= 4 is 34.2 Å². The smallest absolute Gasteiger partial charge is 0.436 e. The average Bonchev–Trinajstić information content (AvgIpc) is 3.42. The van der Waals surface area contributed by atoms with Gasteiger partial charge in [-0.2, -0.15) is 0 Å². The van der Waals surface area contributed by atoms with Gasteiger partial charge in [-0.3, -0.25) is 0 Å². The van der Waals surface area contributed by atoms with Gasteiger partial charge in [0, 0.05) is 23.2 Å². The van der Waals surface area contributed by atoms with Gasteiger partial charge in [-0.1, -0.05) is 13.0 Å². The molecule has 0 aliphatic heterocycles. The van der Waals surface area contributed by atoms with Gasteiger partial charge in [0.15, 0.2) is 16.8 Å². The van der Waals surface area contributed by atoms with Crippen LogP contribution in [0.1, 0.15) is 38.5 Å². The molecule has 0 spiro atoms. The molecule has 1 fully saturated rings. The van der Waals surface area contributed by atoms with E-state index in [-0.39, 0.29) is 22.9 Å². The Bertz CT molecular complexity index is 1070. The Morgan fingerprint density at radius 2 is 2.10 bits per heavy atom. The number of rotatable bonds is 6. The predicted molar refractivity (Wildman–Crippen MR) is 110 cm³/mol. The number of halogens is 3. The van der Waals surface area contributed by atoms with Gasteiger partial charge in [0.05, 0.1) is 5.56 Å². The fourth-order valence-electron chi connectivity index (χ4n) is 3.85. The number of thiazole rings is 1. The summed E-state index contributed by atoms with van der Waals surface area (Å²) < 4.78 is 48.3. The number of fused-ring (bicyclic) bond motifs is 1. The van der Waals surface area contributed by atoms with E-state index < -0.39 is 12.1 Å². The Kier molecular flexibility index (Phi) is 5.64. The molecular formula is C21H20F3N3O2S. The topological polar surface area (TPSA) is 72.0 Å². The zero-order valence-electron chi connectivity index (χ0n) is 16.2. The molecular weight excluding hydrogens is 415 g/mol. The summed E-state index contributed by atoms with van der Waals surface area (Å²) in [6.07, 6.45) is 3.97. The molecule has 3 aromatic rings. The van der Waals surface area contributed by atoms with E-state index in [1.807, 2.05) is 6.08 Å². The number of benzene rings is 1. The molecule has 1 aromatic carbocycles. The maximum Gasteiger partial charge on any atom is 0.573 e. The van der Waals surface area contributed by atoms with Crippen molar-refractivity contribution in [3.05, 3.63) is 35.7 Å². The van der Waals surface area contributed by atoms with E-state index in [9.17, 15) is 13.2 Å². The first-order chi connectivity index (χ1) is 14.4. The fraction of sp³-hybridized carbons (Fsp3) is 0.381. The summed E-state index contributed by atoms with van der Waals surface area (Å²) in [5.41, 5.74) is 1.54. The molecule has 2 aromatic heterocycles. The lowest BCUT2D eigenvalue weighted by Gasteiger charge is -2.09. The standard InChI is InChI=1S/C21H20F3N3O2S/c1-2-12-6-7-13(17(12)25)4-3-5-16-27-18-15(29-21(22,23)24)9-8-14(19(18)28-16)20-26-10-11-30-20/h3,5,8-13,25H,2,4,6-7H2,1H3/b5-3+,25-17?. The van der Waals surface area contributed by atoms with Gasteiger partial charge >= 0.3 is 6.36 Å². The van der Waals surface area contributed by atoms with Crippen molar-refractivity contribution in [2.45, 2.75) is 39.0 Å². The van der Waals surface area contributed by atoms with Crippen LogP contribution in [0.25, 0.3) is 27.7 Å². The third kappa shape index (κ3) is 4.26. The first-order valence-electron chi connectivity index (χ1n) is 9.69. The molecule has 158 valence electrons. The van der Waals surface area contributed by atoms with Crippen LogP contribution in [0, 0.1) is 17.2 Å². The van der Waals surface area contributed by atoms with Crippen LogP contribution in [0.2, 0.25) is 0 Å².